The zero-order valence-electron chi connectivity index (χ0n) is 12.3. The third-order valence-corrected chi connectivity index (χ3v) is 3.32. The highest BCUT2D eigenvalue weighted by molar-refractivity contribution is 5.86. The molecule has 2 rings (SSSR count). The fourth-order valence-corrected chi connectivity index (χ4v) is 2.34. The maximum absolute atomic E-state index is 12.4. The maximum Gasteiger partial charge on any atom is 0.406 e. The number of alkyl halides is 3. The molecule has 0 unspecified atom stereocenters. The summed E-state index contributed by atoms with van der Waals surface area (Å²) in [7, 11) is 0. The number of nitrogens with one attached hydrogen (secondary N) is 1. The van der Waals surface area contributed by atoms with E-state index in [-0.39, 0.29) is 6.54 Å². The summed E-state index contributed by atoms with van der Waals surface area (Å²) in [5.74, 6) is 0.154. The van der Waals surface area contributed by atoms with E-state index in [9.17, 15) is 18.0 Å². The zero-order valence-corrected chi connectivity index (χ0v) is 12.3. The van der Waals surface area contributed by atoms with Gasteiger partial charge in [0.15, 0.2) is 0 Å². The molecule has 122 valence electrons. The predicted octanol–water partition coefficient (Wildman–Crippen LogP) is 3.05. The van der Waals surface area contributed by atoms with Crippen LogP contribution < -0.4 is 10.1 Å². The van der Waals surface area contributed by atoms with E-state index in [1.807, 2.05) is 6.92 Å². The first-order valence-corrected chi connectivity index (χ1v) is 7.24. The molecule has 1 aromatic rings. The van der Waals surface area contributed by atoms with Crippen molar-refractivity contribution in [1.82, 2.24) is 4.90 Å². The van der Waals surface area contributed by atoms with Gasteiger partial charge in [0.2, 0.25) is 5.91 Å². The standard InChI is InChI=1S/C15H19F3N2O2/c1-2-8-22-12-5-3-4-11(9-12)19-13-6-7-20(14(13)21)10-15(16,17)18/h3-5,9,13,19H,2,6-8,10H2,1H3/t13-/m0/s1. The summed E-state index contributed by atoms with van der Waals surface area (Å²) in [6, 6.07) is 6.46. The number of anilines is 1. The second-order valence-electron chi connectivity index (χ2n) is 5.24. The minimum atomic E-state index is -4.36. The lowest BCUT2D eigenvalue weighted by Gasteiger charge is -2.19. The molecular weight excluding hydrogens is 297 g/mol. The Hall–Kier alpha value is -1.92. The Morgan fingerprint density at radius 1 is 1.41 bits per heavy atom. The Kier molecular flexibility index (Phi) is 5.15. The third-order valence-electron chi connectivity index (χ3n) is 3.32. The van der Waals surface area contributed by atoms with Crippen molar-refractivity contribution in [1.29, 1.82) is 0 Å². The van der Waals surface area contributed by atoms with Gasteiger partial charge >= 0.3 is 6.18 Å². The second kappa shape index (κ2) is 6.89. The van der Waals surface area contributed by atoms with Crippen molar-refractivity contribution in [2.24, 2.45) is 0 Å². The van der Waals surface area contributed by atoms with Gasteiger partial charge in [0.25, 0.3) is 0 Å². The summed E-state index contributed by atoms with van der Waals surface area (Å²) >= 11 is 0. The maximum atomic E-state index is 12.4. The molecule has 4 nitrogen and oxygen atoms in total. The molecule has 1 atom stereocenters. The minimum absolute atomic E-state index is 0.113. The van der Waals surface area contributed by atoms with Gasteiger partial charge in [-0.1, -0.05) is 13.0 Å². The SMILES string of the molecule is CCCOc1cccc(N[C@H]2CCN(CC(F)(F)F)C2=O)c1. The van der Waals surface area contributed by atoms with Gasteiger partial charge in [-0.3, -0.25) is 4.79 Å². The molecule has 0 aliphatic carbocycles. The van der Waals surface area contributed by atoms with Crippen LogP contribution in [0.3, 0.4) is 0 Å². The van der Waals surface area contributed by atoms with E-state index in [2.05, 4.69) is 5.32 Å². The molecule has 1 saturated heterocycles. The number of halogens is 3. The highest BCUT2D eigenvalue weighted by atomic mass is 19.4. The molecule has 0 bridgehead atoms. The highest BCUT2D eigenvalue weighted by Gasteiger charge is 2.39. The van der Waals surface area contributed by atoms with Gasteiger partial charge in [0.05, 0.1) is 6.61 Å². The molecule has 0 saturated carbocycles. The Morgan fingerprint density at radius 2 is 2.18 bits per heavy atom. The number of hydrogen-bond acceptors (Lipinski definition) is 3. The minimum Gasteiger partial charge on any atom is -0.494 e. The van der Waals surface area contributed by atoms with Gasteiger partial charge in [-0.15, -0.1) is 0 Å². The van der Waals surface area contributed by atoms with Gasteiger partial charge in [-0.2, -0.15) is 13.2 Å². The number of rotatable bonds is 6. The number of amides is 1. The molecule has 1 aliphatic rings. The number of nitrogens with zero attached hydrogens (tertiary/aromatic N) is 1. The fraction of sp³-hybridized carbons (Fsp3) is 0.533. The van der Waals surface area contributed by atoms with Crippen LogP contribution in [-0.4, -0.2) is 42.7 Å². The van der Waals surface area contributed by atoms with Gasteiger partial charge in [-0.25, -0.2) is 0 Å². The summed E-state index contributed by atoms with van der Waals surface area (Å²) in [5, 5.41) is 2.98. The van der Waals surface area contributed by atoms with Crippen LogP contribution in [0, 0.1) is 0 Å². The molecule has 1 aliphatic heterocycles. The van der Waals surface area contributed by atoms with E-state index in [1.165, 1.54) is 0 Å². The molecule has 22 heavy (non-hydrogen) atoms. The Morgan fingerprint density at radius 3 is 2.86 bits per heavy atom. The Bertz CT molecular complexity index is 520. The molecule has 1 aromatic carbocycles. The number of benzene rings is 1. The van der Waals surface area contributed by atoms with E-state index in [4.69, 9.17) is 4.74 Å². The van der Waals surface area contributed by atoms with Gasteiger partial charge in [0.1, 0.15) is 18.3 Å². The summed E-state index contributed by atoms with van der Waals surface area (Å²) in [6.07, 6.45) is -3.13. The molecule has 1 heterocycles. The Labute approximate surface area is 127 Å². The molecule has 1 amide bonds. The highest BCUT2D eigenvalue weighted by Crippen LogP contribution is 2.24. The van der Waals surface area contributed by atoms with E-state index in [1.54, 1.807) is 24.3 Å². The van der Waals surface area contributed by atoms with Crippen molar-refractivity contribution in [3.63, 3.8) is 0 Å². The van der Waals surface area contributed by atoms with Crippen molar-refractivity contribution in [2.75, 3.05) is 25.0 Å². The smallest absolute Gasteiger partial charge is 0.406 e. The normalized spacial score (nSPS) is 18.6. The molecule has 0 radical (unpaired) electrons. The number of carbonyl (C=O) groups excluding carboxylic acids is 1. The van der Waals surface area contributed by atoms with Crippen molar-refractivity contribution in [2.45, 2.75) is 32.0 Å². The molecular formula is C15H19F3N2O2. The monoisotopic (exact) mass is 316 g/mol. The van der Waals surface area contributed by atoms with E-state index in [0.717, 1.165) is 11.3 Å². The van der Waals surface area contributed by atoms with Crippen LogP contribution in [0.2, 0.25) is 0 Å². The molecule has 0 aromatic heterocycles. The topological polar surface area (TPSA) is 41.6 Å². The van der Waals surface area contributed by atoms with E-state index in [0.29, 0.717) is 24.5 Å². The average Bonchev–Trinajstić information content (AvgIpc) is 2.77. The summed E-state index contributed by atoms with van der Waals surface area (Å²) < 4.78 is 42.6. The molecule has 1 fully saturated rings. The Balaban J connectivity index is 1.95. The van der Waals surface area contributed by atoms with Crippen molar-refractivity contribution in [3.8, 4) is 5.75 Å². The van der Waals surface area contributed by atoms with Crippen molar-refractivity contribution >= 4 is 11.6 Å². The molecule has 0 spiro atoms. The van der Waals surface area contributed by atoms with E-state index < -0.39 is 24.7 Å². The lowest BCUT2D eigenvalue weighted by molar-refractivity contribution is -0.157. The number of likely N-dealkylation sites (tertiary alicyclic amines) is 1. The van der Waals surface area contributed by atoms with Gasteiger partial charge in [0, 0.05) is 18.3 Å². The van der Waals surface area contributed by atoms with Gasteiger partial charge < -0.3 is 15.0 Å². The van der Waals surface area contributed by atoms with Crippen LogP contribution in [0.5, 0.6) is 5.75 Å². The van der Waals surface area contributed by atoms with Gasteiger partial charge in [-0.05, 0) is 25.0 Å². The largest absolute Gasteiger partial charge is 0.494 e. The van der Waals surface area contributed by atoms with Crippen LogP contribution in [-0.2, 0) is 4.79 Å². The molecule has 7 heteroatoms. The van der Waals surface area contributed by atoms with Crippen molar-refractivity contribution < 1.29 is 22.7 Å². The molecule has 1 N–H and O–H groups in total. The summed E-state index contributed by atoms with van der Waals surface area (Å²) in [5.41, 5.74) is 0.667. The van der Waals surface area contributed by atoms with E-state index >= 15 is 0 Å². The summed E-state index contributed by atoms with van der Waals surface area (Å²) in [6.45, 7) is 1.51. The van der Waals surface area contributed by atoms with Crippen molar-refractivity contribution in [3.05, 3.63) is 24.3 Å². The first kappa shape index (κ1) is 16.5. The number of ether oxygens (including phenoxy) is 1. The summed E-state index contributed by atoms with van der Waals surface area (Å²) in [4.78, 5) is 12.8. The van der Waals surface area contributed by atoms with Crippen LogP contribution in [0.4, 0.5) is 18.9 Å². The number of hydrogen-bond donors (Lipinski definition) is 1. The quantitative estimate of drug-likeness (QED) is 0.877. The van der Waals surface area contributed by atoms with Crippen LogP contribution in [0.1, 0.15) is 19.8 Å². The first-order valence-electron chi connectivity index (χ1n) is 7.24. The third kappa shape index (κ3) is 4.54. The first-order chi connectivity index (χ1) is 10.4. The lowest BCUT2D eigenvalue weighted by Crippen LogP contribution is -2.39. The van der Waals surface area contributed by atoms with Crippen LogP contribution in [0.25, 0.3) is 0 Å². The number of carbonyl (C=O) groups is 1. The lowest BCUT2D eigenvalue weighted by atomic mass is 10.2. The predicted molar refractivity (Wildman–Crippen MR) is 76.9 cm³/mol. The zero-order chi connectivity index (χ0) is 16.2. The van der Waals surface area contributed by atoms with Crippen LogP contribution >= 0.6 is 0 Å². The fourth-order valence-electron chi connectivity index (χ4n) is 2.34. The average molecular weight is 316 g/mol. The van der Waals surface area contributed by atoms with Crippen LogP contribution in [0.15, 0.2) is 24.3 Å². The second-order valence-corrected chi connectivity index (χ2v) is 5.24.